The molecule has 0 unspecified atom stereocenters. The molecule has 0 N–H and O–H groups in total. The lowest BCUT2D eigenvalue weighted by Crippen LogP contribution is -2.41. The van der Waals surface area contributed by atoms with Crippen molar-refractivity contribution in [2.45, 2.75) is 32.0 Å². The third-order valence-electron chi connectivity index (χ3n) is 4.64. The van der Waals surface area contributed by atoms with Crippen LogP contribution >= 0.6 is 0 Å². The molecule has 4 heteroatoms. The maximum absolute atomic E-state index is 12.5. The van der Waals surface area contributed by atoms with Crippen molar-refractivity contribution in [2.24, 2.45) is 0 Å². The van der Waals surface area contributed by atoms with Crippen LogP contribution in [-0.4, -0.2) is 37.1 Å². The van der Waals surface area contributed by atoms with Crippen LogP contribution < -0.4 is 4.74 Å². The zero-order chi connectivity index (χ0) is 17.5. The molecule has 1 saturated heterocycles. The number of benzene rings is 2. The van der Waals surface area contributed by atoms with Crippen LogP contribution in [0.1, 0.15) is 24.0 Å². The molecule has 1 amide bonds. The summed E-state index contributed by atoms with van der Waals surface area (Å²) < 4.78 is 11.1. The lowest BCUT2D eigenvalue weighted by atomic mass is 10.1. The number of carbonyl (C=O) groups excluding carboxylic acids is 1. The number of nitrogens with zero attached hydrogens (tertiary/aromatic N) is 1. The maximum atomic E-state index is 12.5. The molecule has 0 saturated carbocycles. The Morgan fingerprint density at radius 3 is 2.32 bits per heavy atom. The number of rotatable bonds is 6. The minimum absolute atomic E-state index is 0.187. The van der Waals surface area contributed by atoms with Crippen LogP contribution in [0.5, 0.6) is 5.75 Å². The Kier molecular flexibility index (Phi) is 6.07. The molecule has 0 spiro atoms. The number of likely N-dealkylation sites (tertiary alicyclic amines) is 1. The van der Waals surface area contributed by atoms with Gasteiger partial charge in [-0.2, -0.15) is 0 Å². The Labute approximate surface area is 149 Å². The van der Waals surface area contributed by atoms with Gasteiger partial charge in [0.25, 0.3) is 0 Å². The molecule has 0 atom stereocenters. The molecule has 1 aliphatic rings. The van der Waals surface area contributed by atoms with Crippen molar-refractivity contribution in [2.75, 3.05) is 20.2 Å². The minimum Gasteiger partial charge on any atom is -0.497 e. The molecule has 0 aliphatic carbocycles. The number of amides is 1. The fraction of sp³-hybridized carbons (Fsp3) is 0.381. The first kappa shape index (κ1) is 17.5. The third-order valence-corrected chi connectivity index (χ3v) is 4.64. The van der Waals surface area contributed by atoms with E-state index in [-0.39, 0.29) is 12.0 Å². The van der Waals surface area contributed by atoms with Gasteiger partial charge in [0, 0.05) is 13.1 Å². The number of methoxy groups -OCH3 is 1. The predicted molar refractivity (Wildman–Crippen MR) is 97.5 cm³/mol. The van der Waals surface area contributed by atoms with E-state index >= 15 is 0 Å². The van der Waals surface area contributed by atoms with Gasteiger partial charge in [0.2, 0.25) is 5.91 Å². The summed E-state index contributed by atoms with van der Waals surface area (Å²) in [4.78, 5) is 14.4. The van der Waals surface area contributed by atoms with E-state index in [1.165, 1.54) is 5.56 Å². The summed E-state index contributed by atoms with van der Waals surface area (Å²) in [6.07, 6.45) is 2.49. The van der Waals surface area contributed by atoms with Gasteiger partial charge in [-0.3, -0.25) is 4.79 Å². The topological polar surface area (TPSA) is 38.8 Å². The molecule has 0 aromatic heterocycles. The van der Waals surface area contributed by atoms with Crippen molar-refractivity contribution in [3.63, 3.8) is 0 Å². The Bertz CT molecular complexity index is 661. The number of hydrogen-bond acceptors (Lipinski definition) is 3. The Hall–Kier alpha value is -2.33. The summed E-state index contributed by atoms with van der Waals surface area (Å²) in [5, 5.41) is 0. The van der Waals surface area contributed by atoms with Gasteiger partial charge in [-0.15, -0.1) is 0 Å². The Balaban J connectivity index is 1.42. The second kappa shape index (κ2) is 8.67. The van der Waals surface area contributed by atoms with E-state index < -0.39 is 0 Å². The van der Waals surface area contributed by atoms with Crippen LogP contribution in [0.25, 0.3) is 0 Å². The molecule has 2 aromatic rings. The van der Waals surface area contributed by atoms with Crippen LogP contribution in [0, 0.1) is 0 Å². The molecule has 0 bridgehead atoms. The molecule has 3 rings (SSSR count). The van der Waals surface area contributed by atoms with Crippen molar-refractivity contribution in [1.82, 2.24) is 4.90 Å². The molecule has 132 valence electrons. The van der Waals surface area contributed by atoms with Crippen molar-refractivity contribution in [3.05, 3.63) is 65.7 Å². The quantitative estimate of drug-likeness (QED) is 0.809. The second-order valence-corrected chi connectivity index (χ2v) is 6.40. The van der Waals surface area contributed by atoms with E-state index in [0.717, 1.165) is 37.2 Å². The molecule has 1 fully saturated rings. The van der Waals surface area contributed by atoms with Crippen molar-refractivity contribution >= 4 is 5.91 Å². The lowest BCUT2D eigenvalue weighted by Gasteiger charge is -2.32. The predicted octanol–water partition coefficient (Wildman–Crippen LogP) is 3.45. The average molecular weight is 339 g/mol. The summed E-state index contributed by atoms with van der Waals surface area (Å²) in [5.41, 5.74) is 2.22. The first-order chi connectivity index (χ1) is 12.2. The molecule has 2 aromatic carbocycles. The van der Waals surface area contributed by atoms with Gasteiger partial charge in [-0.25, -0.2) is 0 Å². The highest BCUT2D eigenvalue weighted by Crippen LogP contribution is 2.18. The highest BCUT2D eigenvalue weighted by molar-refractivity contribution is 5.78. The lowest BCUT2D eigenvalue weighted by molar-refractivity contribution is -0.133. The van der Waals surface area contributed by atoms with E-state index in [2.05, 4.69) is 12.1 Å². The van der Waals surface area contributed by atoms with E-state index in [0.29, 0.717) is 13.0 Å². The molecule has 1 heterocycles. The second-order valence-electron chi connectivity index (χ2n) is 6.40. The van der Waals surface area contributed by atoms with Crippen LogP contribution in [0.4, 0.5) is 0 Å². The molecule has 1 aliphatic heterocycles. The highest BCUT2D eigenvalue weighted by atomic mass is 16.5. The molecular formula is C21H25NO3. The third kappa shape index (κ3) is 5.07. The van der Waals surface area contributed by atoms with Gasteiger partial charge in [-0.05, 0) is 36.1 Å². The van der Waals surface area contributed by atoms with Crippen molar-refractivity contribution in [3.8, 4) is 5.75 Å². The number of ether oxygens (including phenoxy) is 2. The van der Waals surface area contributed by atoms with Gasteiger partial charge in [0.05, 0.1) is 26.2 Å². The van der Waals surface area contributed by atoms with Gasteiger partial charge < -0.3 is 14.4 Å². The van der Waals surface area contributed by atoms with Crippen LogP contribution in [0.3, 0.4) is 0 Å². The SMILES string of the molecule is COc1ccc(CC(=O)N2CCC(OCc3ccccc3)CC2)cc1. The van der Waals surface area contributed by atoms with Crippen LogP contribution in [-0.2, 0) is 22.6 Å². The summed E-state index contributed by atoms with van der Waals surface area (Å²) in [5.74, 6) is 0.999. The average Bonchev–Trinajstić information content (AvgIpc) is 2.68. The highest BCUT2D eigenvalue weighted by Gasteiger charge is 2.23. The summed E-state index contributed by atoms with van der Waals surface area (Å²) in [6, 6.07) is 17.9. The van der Waals surface area contributed by atoms with Crippen molar-refractivity contribution < 1.29 is 14.3 Å². The number of piperidine rings is 1. The zero-order valence-corrected chi connectivity index (χ0v) is 14.7. The number of hydrogen-bond donors (Lipinski definition) is 0. The van der Waals surface area contributed by atoms with E-state index in [9.17, 15) is 4.79 Å². The number of carbonyl (C=O) groups is 1. The first-order valence-corrected chi connectivity index (χ1v) is 8.81. The van der Waals surface area contributed by atoms with Crippen molar-refractivity contribution in [1.29, 1.82) is 0 Å². The molecular weight excluding hydrogens is 314 g/mol. The zero-order valence-electron chi connectivity index (χ0n) is 14.7. The smallest absolute Gasteiger partial charge is 0.226 e. The normalized spacial score (nSPS) is 15.2. The maximum Gasteiger partial charge on any atom is 0.226 e. The van der Waals surface area contributed by atoms with E-state index in [1.807, 2.05) is 47.4 Å². The minimum atomic E-state index is 0.187. The fourth-order valence-electron chi connectivity index (χ4n) is 3.09. The Morgan fingerprint density at radius 1 is 1.00 bits per heavy atom. The van der Waals surface area contributed by atoms with Gasteiger partial charge in [0.15, 0.2) is 0 Å². The Morgan fingerprint density at radius 2 is 1.68 bits per heavy atom. The standard InChI is InChI=1S/C21H25NO3/c1-24-19-9-7-17(8-10-19)15-21(23)22-13-11-20(12-14-22)25-16-18-5-3-2-4-6-18/h2-10,20H,11-16H2,1H3. The molecule has 25 heavy (non-hydrogen) atoms. The molecule has 0 radical (unpaired) electrons. The van der Waals surface area contributed by atoms with Crippen LogP contribution in [0.15, 0.2) is 54.6 Å². The first-order valence-electron chi connectivity index (χ1n) is 8.81. The summed E-state index contributed by atoms with van der Waals surface area (Å²) >= 11 is 0. The largest absolute Gasteiger partial charge is 0.497 e. The summed E-state index contributed by atoms with van der Waals surface area (Å²) in [6.45, 7) is 2.19. The fourth-order valence-corrected chi connectivity index (χ4v) is 3.09. The summed E-state index contributed by atoms with van der Waals surface area (Å²) in [7, 11) is 1.64. The monoisotopic (exact) mass is 339 g/mol. The van der Waals surface area contributed by atoms with E-state index in [1.54, 1.807) is 7.11 Å². The molecule has 4 nitrogen and oxygen atoms in total. The van der Waals surface area contributed by atoms with Gasteiger partial charge in [-0.1, -0.05) is 42.5 Å². The van der Waals surface area contributed by atoms with E-state index in [4.69, 9.17) is 9.47 Å². The van der Waals surface area contributed by atoms with Gasteiger partial charge >= 0.3 is 0 Å². The van der Waals surface area contributed by atoms with Gasteiger partial charge in [0.1, 0.15) is 5.75 Å². The van der Waals surface area contributed by atoms with Crippen LogP contribution in [0.2, 0.25) is 0 Å².